The number of nitrogens with one attached hydrogen (secondary N) is 1. The lowest BCUT2D eigenvalue weighted by Crippen LogP contribution is -2.30. The van der Waals surface area contributed by atoms with Crippen LogP contribution >= 0.6 is 27.5 Å². The molecule has 2 aromatic rings. The lowest BCUT2D eigenvalue weighted by atomic mass is 10.2. The second kappa shape index (κ2) is 8.17. The summed E-state index contributed by atoms with van der Waals surface area (Å²) in [4.78, 5) is 22.7. The summed E-state index contributed by atoms with van der Waals surface area (Å²) in [5.74, 6) is 0.262. The van der Waals surface area contributed by atoms with E-state index in [1.54, 1.807) is 25.1 Å². The molecule has 1 unspecified atom stereocenters. The smallest absolute Gasteiger partial charge is 0.271 e. The number of non-ortho nitro benzene ring substituents is 1. The summed E-state index contributed by atoms with van der Waals surface area (Å²) in [5.41, 5.74) is 0.0254. The normalized spacial score (nSPS) is 11.5. The van der Waals surface area contributed by atoms with Gasteiger partial charge in [0, 0.05) is 17.2 Å². The SMILES string of the molecule is COc1ccc([N+](=O)[O-])cc1NC(=O)C(C)Oc1ccc(Cl)cc1Br. The minimum atomic E-state index is -0.860. The number of rotatable bonds is 6. The number of carbonyl (C=O) groups excluding carboxylic acids is 1. The van der Waals surface area contributed by atoms with E-state index in [0.29, 0.717) is 21.0 Å². The molecule has 0 saturated heterocycles. The number of ether oxygens (including phenoxy) is 2. The Labute approximate surface area is 157 Å². The summed E-state index contributed by atoms with van der Waals surface area (Å²) in [6, 6.07) is 8.83. The van der Waals surface area contributed by atoms with Crippen LogP contribution in [-0.4, -0.2) is 24.0 Å². The average Bonchev–Trinajstić information content (AvgIpc) is 2.57. The predicted octanol–water partition coefficient (Wildman–Crippen LogP) is 4.43. The molecule has 0 aliphatic heterocycles. The van der Waals surface area contributed by atoms with Crippen molar-refractivity contribution < 1.29 is 19.2 Å². The van der Waals surface area contributed by atoms with Crippen LogP contribution in [0.4, 0.5) is 11.4 Å². The van der Waals surface area contributed by atoms with Gasteiger partial charge in [-0.1, -0.05) is 11.6 Å². The molecule has 2 aromatic carbocycles. The molecule has 1 N–H and O–H groups in total. The minimum absolute atomic E-state index is 0.162. The third-order valence-corrected chi connectivity index (χ3v) is 4.07. The van der Waals surface area contributed by atoms with Crippen LogP contribution < -0.4 is 14.8 Å². The van der Waals surface area contributed by atoms with Gasteiger partial charge in [-0.05, 0) is 47.1 Å². The Hall–Kier alpha value is -2.32. The van der Waals surface area contributed by atoms with Gasteiger partial charge in [0.1, 0.15) is 11.5 Å². The van der Waals surface area contributed by atoms with E-state index in [1.165, 1.54) is 25.3 Å². The molecule has 0 aliphatic rings. The first-order valence-electron chi connectivity index (χ1n) is 7.07. The first kappa shape index (κ1) is 19.0. The number of hydrogen-bond acceptors (Lipinski definition) is 5. The average molecular weight is 430 g/mol. The molecule has 0 bridgehead atoms. The molecule has 0 radical (unpaired) electrons. The van der Waals surface area contributed by atoms with Gasteiger partial charge in [-0.15, -0.1) is 0 Å². The van der Waals surface area contributed by atoms with E-state index in [4.69, 9.17) is 21.1 Å². The molecule has 1 atom stereocenters. The first-order valence-corrected chi connectivity index (χ1v) is 8.24. The monoisotopic (exact) mass is 428 g/mol. The van der Waals surface area contributed by atoms with Gasteiger partial charge in [0.2, 0.25) is 0 Å². The molecule has 0 saturated carbocycles. The second-order valence-corrected chi connectivity index (χ2v) is 6.26. The fourth-order valence-electron chi connectivity index (χ4n) is 1.96. The molecule has 0 fully saturated rings. The number of carbonyl (C=O) groups is 1. The highest BCUT2D eigenvalue weighted by Crippen LogP contribution is 2.31. The number of halogens is 2. The summed E-state index contributed by atoms with van der Waals surface area (Å²) >= 11 is 9.17. The van der Waals surface area contributed by atoms with Gasteiger partial charge in [0.25, 0.3) is 11.6 Å². The Bertz CT molecular complexity index is 815. The topological polar surface area (TPSA) is 90.7 Å². The Morgan fingerprint density at radius 3 is 2.56 bits per heavy atom. The molecule has 0 heterocycles. The highest BCUT2D eigenvalue weighted by Gasteiger charge is 2.19. The zero-order chi connectivity index (χ0) is 18.6. The minimum Gasteiger partial charge on any atom is -0.495 e. The maximum atomic E-state index is 12.3. The van der Waals surface area contributed by atoms with Crippen LogP contribution in [0.3, 0.4) is 0 Å². The highest BCUT2D eigenvalue weighted by atomic mass is 79.9. The highest BCUT2D eigenvalue weighted by molar-refractivity contribution is 9.10. The van der Waals surface area contributed by atoms with Crippen LogP contribution in [0.2, 0.25) is 5.02 Å². The van der Waals surface area contributed by atoms with E-state index in [-0.39, 0.29) is 11.4 Å². The fraction of sp³-hybridized carbons (Fsp3) is 0.188. The molecule has 25 heavy (non-hydrogen) atoms. The number of nitrogens with zero attached hydrogens (tertiary/aromatic N) is 1. The molecule has 9 heteroatoms. The maximum absolute atomic E-state index is 12.3. The van der Waals surface area contributed by atoms with Crippen molar-refractivity contribution in [1.29, 1.82) is 0 Å². The molecule has 2 rings (SSSR count). The van der Waals surface area contributed by atoms with Gasteiger partial charge in [0.05, 0.1) is 22.2 Å². The van der Waals surface area contributed by atoms with Gasteiger partial charge in [-0.25, -0.2) is 0 Å². The van der Waals surface area contributed by atoms with Crippen molar-refractivity contribution in [2.24, 2.45) is 0 Å². The van der Waals surface area contributed by atoms with E-state index in [0.717, 1.165) is 0 Å². The molecular weight excluding hydrogens is 416 g/mol. The number of benzene rings is 2. The van der Waals surface area contributed by atoms with Gasteiger partial charge < -0.3 is 14.8 Å². The van der Waals surface area contributed by atoms with Gasteiger partial charge in [-0.2, -0.15) is 0 Å². The maximum Gasteiger partial charge on any atom is 0.271 e. The molecule has 0 spiro atoms. The summed E-state index contributed by atoms with van der Waals surface area (Å²) in [7, 11) is 1.40. The quantitative estimate of drug-likeness (QED) is 0.542. The molecule has 132 valence electrons. The number of nitro benzene ring substituents is 1. The predicted molar refractivity (Wildman–Crippen MR) is 97.5 cm³/mol. The van der Waals surface area contributed by atoms with Crippen molar-refractivity contribution in [3.05, 3.63) is 56.0 Å². The Balaban J connectivity index is 2.15. The molecule has 0 aliphatic carbocycles. The molecular formula is C16H14BrClN2O5. The number of amides is 1. The van der Waals surface area contributed by atoms with Crippen LogP contribution in [0.15, 0.2) is 40.9 Å². The third-order valence-electron chi connectivity index (χ3n) is 3.22. The summed E-state index contributed by atoms with van der Waals surface area (Å²) in [5, 5.41) is 14.0. The van der Waals surface area contributed by atoms with E-state index in [9.17, 15) is 14.9 Å². The van der Waals surface area contributed by atoms with Crippen LogP contribution in [0.5, 0.6) is 11.5 Å². The van der Waals surface area contributed by atoms with Crippen LogP contribution in [0, 0.1) is 10.1 Å². The van der Waals surface area contributed by atoms with Crippen molar-refractivity contribution in [1.82, 2.24) is 0 Å². The number of hydrogen-bond donors (Lipinski definition) is 1. The van der Waals surface area contributed by atoms with Crippen molar-refractivity contribution >= 4 is 44.8 Å². The summed E-state index contributed by atoms with van der Waals surface area (Å²) in [6.07, 6.45) is -0.860. The number of methoxy groups -OCH3 is 1. The first-order chi connectivity index (χ1) is 11.8. The van der Waals surface area contributed by atoms with Crippen molar-refractivity contribution in [3.63, 3.8) is 0 Å². The van der Waals surface area contributed by atoms with Gasteiger partial charge in [0.15, 0.2) is 6.10 Å². The van der Waals surface area contributed by atoms with Crippen LogP contribution in [0.1, 0.15) is 6.92 Å². The molecule has 0 aromatic heterocycles. The van der Waals surface area contributed by atoms with E-state index in [1.807, 2.05) is 0 Å². The standard InChI is InChI=1S/C16H14BrClN2O5/c1-9(25-14-5-3-10(18)7-12(14)17)16(21)19-13-8-11(20(22)23)4-6-15(13)24-2/h3-9H,1-2H3,(H,19,21). The van der Waals surface area contributed by atoms with Gasteiger partial charge >= 0.3 is 0 Å². The van der Waals surface area contributed by atoms with E-state index >= 15 is 0 Å². The zero-order valence-corrected chi connectivity index (χ0v) is 15.6. The van der Waals surface area contributed by atoms with E-state index < -0.39 is 16.9 Å². The summed E-state index contributed by atoms with van der Waals surface area (Å²) in [6.45, 7) is 1.56. The van der Waals surface area contributed by atoms with Crippen LogP contribution in [0.25, 0.3) is 0 Å². The lowest BCUT2D eigenvalue weighted by molar-refractivity contribution is -0.384. The Kier molecular flexibility index (Phi) is 6.22. The van der Waals surface area contributed by atoms with E-state index in [2.05, 4.69) is 21.2 Å². The molecule has 7 nitrogen and oxygen atoms in total. The zero-order valence-electron chi connectivity index (χ0n) is 13.3. The second-order valence-electron chi connectivity index (χ2n) is 4.97. The van der Waals surface area contributed by atoms with Gasteiger partial charge in [-0.3, -0.25) is 14.9 Å². The number of anilines is 1. The molecule has 1 amide bonds. The lowest BCUT2D eigenvalue weighted by Gasteiger charge is -2.17. The van der Waals surface area contributed by atoms with Crippen LogP contribution in [-0.2, 0) is 4.79 Å². The van der Waals surface area contributed by atoms with Crippen molar-refractivity contribution in [2.75, 3.05) is 12.4 Å². The van der Waals surface area contributed by atoms with Crippen molar-refractivity contribution in [3.8, 4) is 11.5 Å². The Morgan fingerprint density at radius 2 is 1.96 bits per heavy atom. The number of nitro groups is 1. The largest absolute Gasteiger partial charge is 0.495 e. The third kappa shape index (κ3) is 4.83. The fourth-order valence-corrected chi connectivity index (χ4v) is 2.73. The Morgan fingerprint density at radius 1 is 1.28 bits per heavy atom. The summed E-state index contributed by atoms with van der Waals surface area (Å²) < 4.78 is 11.3. The van der Waals surface area contributed by atoms with Crippen molar-refractivity contribution in [2.45, 2.75) is 13.0 Å².